The smallest absolute Gasteiger partial charge is 0.242 e. The van der Waals surface area contributed by atoms with Crippen molar-refractivity contribution in [1.29, 1.82) is 0 Å². The van der Waals surface area contributed by atoms with Gasteiger partial charge in [-0.15, -0.1) is 0 Å². The van der Waals surface area contributed by atoms with Crippen molar-refractivity contribution in [3.05, 3.63) is 29.8 Å². The molecule has 1 aliphatic rings. The maximum Gasteiger partial charge on any atom is 0.242 e. The molecular formula is C17H26N2O2. The van der Waals surface area contributed by atoms with E-state index in [4.69, 9.17) is 0 Å². The predicted molar refractivity (Wildman–Crippen MR) is 85.3 cm³/mol. The van der Waals surface area contributed by atoms with E-state index in [2.05, 4.69) is 17.1 Å². The standard InChI is InChI=1S/C17H26N2O2/c1-4-12(2)18-17(21)13(3)19-11-7-10-16(20)14-8-5-6-9-15(14)19/h5-6,8-9,12-13,16,20H,4,7,10-11H2,1-3H3,(H,18,21). The van der Waals surface area contributed by atoms with Gasteiger partial charge in [-0.1, -0.05) is 25.1 Å². The Balaban J connectivity index is 2.22. The van der Waals surface area contributed by atoms with Crippen LogP contribution in [0.5, 0.6) is 0 Å². The third-order valence-electron chi connectivity index (χ3n) is 4.33. The van der Waals surface area contributed by atoms with E-state index in [9.17, 15) is 9.90 Å². The lowest BCUT2D eigenvalue weighted by Gasteiger charge is -2.31. The molecule has 0 fully saturated rings. The van der Waals surface area contributed by atoms with E-state index >= 15 is 0 Å². The fraction of sp³-hybridized carbons (Fsp3) is 0.588. The van der Waals surface area contributed by atoms with Crippen LogP contribution in [-0.4, -0.2) is 29.6 Å². The number of hydrogen-bond donors (Lipinski definition) is 2. The summed E-state index contributed by atoms with van der Waals surface area (Å²) in [7, 11) is 0. The number of fused-ring (bicyclic) bond motifs is 1. The lowest BCUT2D eigenvalue weighted by atomic mass is 10.0. The van der Waals surface area contributed by atoms with Crippen molar-refractivity contribution in [3.8, 4) is 0 Å². The Morgan fingerprint density at radius 2 is 2.14 bits per heavy atom. The number of para-hydroxylation sites is 1. The van der Waals surface area contributed by atoms with Gasteiger partial charge in [0.2, 0.25) is 5.91 Å². The Bertz CT molecular complexity index is 489. The zero-order valence-corrected chi connectivity index (χ0v) is 13.2. The first-order valence-electron chi connectivity index (χ1n) is 7.88. The van der Waals surface area contributed by atoms with E-state index in [1.54, 1.807) is 0 Å². The van der Waals surface area contributed by atoms with Gasteiger partial charge in [0.1, 0.15) is 6.04 Å². The molecule has 1 amide bonds. The summed E-state index contributed by atoms with van der Waals surface area (Å²) in [5.41, 5.74) is 1.91. The topological polar surface area (TPSA) is 52.6 Å². The van der Waals surface area contributed by atoms with E-state index in [0.717, 1.165) is 37.1 Å². The number of benzene rings is 1. The number of aliphatic hydroxyl groups excluding tert-OH is 1. The van der Waals surface area contributed by atoms with Gasteiger partial charge in [-0.05, 0) is 39.2 Å². The summed E-state index contributed by atoms with van der Waals surface area (Å²) in [6.07, 6.45) is 2.12. The molecule has 0 spiro atoms. The molecule has 0 aromatic heterocycles. The fourth-order valence-corrected chi connectivity index (χ4v) is 2.77. The fourth-order valence-electron chi connectivity index (χ4n) is 2.77. The van der Waals surface area contributed by atoms with Crippen LogP contribution in [0, 0.1) is 0 Å². The quantitative estimate of drug-likeness (QED) is 0.896. The number of aliphatic hydroxyl groups is 1. The lowest BCUT2D eigenvalue weighted by Crippen LogP contribution is -2.48. The van der Waals surface area contributed by atoms with Crippen LogP contribution in [0.25, 0.3) is 0 Å². The highest BCUT2D eigenvalue weighted by Gasteiger charge is 2.27. The summed E-state index contributed by atoms with van der Waals surface area (Å²) in [5, 5.41) is 13.3. The molecule has 2 rings (SSSR count). The lowest BCUT2D eigenvalue weighted by molar-refractivity contribution is -0.122. The van der Waals surface area contributed by atoms with Crippen LogP contribution in [0.3, 0.4) is 0 Å². The van der Waals surface area contributed by atoms with Crippen LogP contribution in [0.15, 0.2) is 24.3 Å². The number of nitrogens with one attached hydrogen (secondary N) is 1. The summed E-state index contributed by atoms with van der Waals surface area (Å²) < 4.78 is 0. The van der Waals surface area contributed by atoms with Crippen molar-refractivity contribution in [1.82, 2.24) is 5.32 Å². The molecule has 4 nitrogen and oxygen atoms in total. The highest BCUT2D eigenvalue weighted by molar-refractivity contribution is 5.85. The average molecular weight is 290 g/mol. The number of carbonyl (C=O) groups is 1. The Labute approximate surface area is 127 Å². The number of nitrogens with zero attached hydrogens (tertiary/aromatic N) is 1. The van der Waals surface area contributed by atoms with Crippen LogP contribution in [0.4, 0.5) is 5.69 Å². The molecule has 0 saturated carbocycles. The third kappa shape index (κ3) is 3.56. The minimum atomic E-state index is -0.434. The molecule has 1 aliphatic heterocycles. The SMILES string of the molecule is CCC(C)NC(=O)C(C)N1CCCC(O)c2ccccc21. The Hall–Kier alpha value is -1.55. The Morgan fingerprint density at radius 3 is 2.86 bits per heavy atom. The van der Waals surface area contributed by atoms with Crippen molar-refractivity contribution < 1.29 is 9.90 Å². The molecule has 116 valence electrons. The van der Waals surface area contributed by atoms with Gasteiger partial charge in [-0.25, -0.2) is 0 Å². The van der Waals surface area contributed by atoms with E-state index in [1.165, 1.54) is 0 Å². The van der Waals surface area contributed by atoms with Crippen LogP contribution < -0.4 is 10.2 Å². The molecule has 21 heavy (non-hydrogen) atoms. The van der Waals surface area contributed by atoms with E-state index in [1.807, 2.05) is 38.1 Å². The first kappa shape index (κ1) is 15.8. The molecule has 0 bridgehead atoms. The summed E-state index contributed by atoms with van der Waals surface area (Å²) in [4.78, 5) is 14.5. The zero-order valence-electron chi connectivity index (χ0n) is 13.2. The van der Waals surface area contributed by atoms with Gasteiger partial charge < -0.3 is 15.3 Å². The van der Waals surface area contributed by atoms with Crippen molar-refractivity contribution in [2.75, 3.05) is 11.4 Å². The first-order valence-corrected chi connectivity index (χ1v) is 7.88. The molecule has 0 radical (unpaired) electrons. The molecule has 2 N–H and O–H groups in total. The summed E-state index contributed by atoms with van der Waals surface area (Å²) >= 11 is 0. The second-order valence-electron chi connectivity index (χ2n) is 5.90. The minimum Gasteiger partial charge on any atom is -0.388 e. The van der Waals surface area contributed by atoms with Crippen LogP contribution >= 0.6 is 0 Å². The molecule has 4 heteroatoms. The number of rotatable bonds is 4. The maximum atomic E-state index is 12.4. The van der Waals surface area contributed by atoms with Crippen LogP contribution in [0.1, 0.15) is 51.7 Å². The van der Waals surface area contributed by atoms with Gasteiger partial charge in [0, 0.05) is 23.8 Å². The number of amides is 1. The molecule has 3 unspecified atom stereocenters. The highest BCUT2D eigenvalue weighted by atomic mass is 16.3. The third-order valence-corrected chi connectivity index (χ3v) is 4.33. The summed E-state index contributed by atoms with van der Waals surface area (Å²) in [6, 6.07) is 7.81. The monoisotopic (exact) mass is 290 g/mol. The zero-order chi connectivity index (χ0) is 15.4. The Kier molecular flexibility index (Phi) is 5.23. The minimum absolute atomic E-state index is 0.0514. The average Bonchev–Trinajstić information content (AvgIpc) is 2.66. The van der Waals surface area contributed by atoms with Gasteiger partial charge in [0.15, 0.2) is 0 Å². The predicted octanol–water partition coefficient (Wildman–Crippen LogP) is 2.62. The van der Waals surface area contributed by atoms with E-state index in [0.29, 0.717) is 0 Å². The van der Waals surface area contributed by atoms with Gasteiger partial charge in [-0.3, -0.25) is 4.79 Å². The molecular weight excluding hydrogens is 264 g/mol. The molecule has 1 heterocycles. The summed E-state index contributed by atoms with van der Waals surface area (Å²) in [5.74, 6) is 0.0514. The van der Waals surface area contributed by atoms with Crippen molar-refractivity contribution in [2.45, 2.75) is 58.2 Å². The molecule has 1 aromatic rings. The van der Waals surface area contributed by atoms with Crippen LogP contribution in [0.2, 0.25) is 0 Å². The summed E-state index contributed by atoms with van der Waals surface area (Å²) in [6.45, 7) is 6.81. The van der Waals surface area contributed by atoms with Gasteiger partial charge >= 0.3 is 0 Å². The molecule has 0 aliphatic carbocycles. The second-order valence-corrected chi connectivity index (χ2v) is 5.90. The highest BCUT2D eigenvalue weighted by Crippen LogP contribution is 2.33. The Morgan fingerprint density at radius 1 is 1.43 bits per heavy atom. The van der Waals surface area contributed by atoms with Crippen molar-refractivity contribution in [3.63, 3.8) is 0 Å². The van der Waals surface area contributed by atoms with Crippen molar-refractivity contribution in [2.24, 2.45) is 0 Å². The molecule has 0 saturated heterocycles. The molecule has 1 aromatic carbocycles. The van der Waals surface area contributed by atoms with Gasteiger partial charge in [0.25, 0.3) is 0 Å². The largest absolute Gasteiger partial charge is 0.388 e. The number of carbonyl (C=O) groups excluding carboxylic acids is 1. The second kappa shape index (κ2) is 6.94. The maximum absolute atomic E-state index is 12.4. The molecule has 3 atom stereocenters. The van der Waals surface area contributed by atoms with Gasteiger partial charge in [0.05, 0.1) is 6.10 Å². The number of anilines is 1. The van der Waals surface area contributed by atoms with E-state index < -0.39 is 6.10 Å². The van der Waals surface area contributed by atoms with Gasteiger partial charge in [-0.2, -0.15) is 0 Å². The van der Waals surface area contributed by atoms with E-state index in [-0.39, 0.29) is 18.0 Å². The van der Waals surface area contributed by atoms with Crippen molar-refractivity contribution >= 4 is 11.6 Å². The number of hydrogen-bond acceptors (Lipinski definition) is 3. The van der Waals surface area contributed by atoms with Crippen LogP contribution in [-0.2, 0) is 4.79 Å². The first-order chi connectivity index (χ1) is 10.0. The normalized spacial score (nSPS) is 21.1.